The van der Waals surface area contributed by atoms with Gasteiger partial charge in [-0.05, 0) is 105 Å². The molecule has 1 aliphatic rings. The molecular formula is C35H48O5. The highest BCUT2D eigenvalue weighted by molar-refractivity contribution is 5.92. The highest BCUT2D eigenvalue weighted by Gasteiger charge is 2.24. The second-order valence-corrected chi connectivity index (χ2v) is 11.3. The predicted molar refractivity (Wildman–Crippen MR) is 161 cm³/mol. The molecule has 0 amide bonds. The maximum Gasteiger partial charge on any atom is 0.343 e. The molecule has 2 aromatic rings. The van der Waals surface area contributed by atoms with E-state index in [1.165, 1.54) is 44.9 Å². The summed E-state index contributed by atoms with van der Waals surface area (Å²) in [7, 11) is 0. The SMILES string of the molecule is C=CCCCC[C@H]1CC[C@H](OC(=O)c2ccc(OC(=O)c3ccc(OCCCCC[C@@H](C)CC)cc3)cc2)CC1. The molecule has 2 aromatic carbocycles. The summed E-state index contributed by atoms with van der Waals surface area (Å²) in [4.78, 5) is 25.2. The van der Waals surface area contributed by atoms with E-state index >= 15 is 0 Å². The van der Waals surface area contributed by atoms with E-state index in [2.05, 4.69) is 20.4 Å². The molecule has 3 rings (SSSR count). The van der Waals surface area contributed by atoms with E-state index in [0.29, 0.717) is 23.5 Å². The molecule has 1 aliphatic carbocycles. The summed E-state index contributed by atoms with van der Waals surface area (Å²) in [6.07, 6.45) is 16.8. The monoisotopic (exact) mass is 548 g/mol. The van der Waals surface area contributed by atoms with E-state index in [4.69, 9.17) is 14.2 Å². The number of benzene rings is 2. The minimum absolute atomic E-state index is 0.0176. The third kappa shape index (κ3) is 11.2. The molecule has 218 valence electrons. The molecule has 0 saturated heterocycles. The largest absolute Gasteiger partial charge is 0.494 e. The molecule has 0 bridgehead atoms. The Morgan fingerprint density at radius 3 is 2.15 bits per heavy atom. The standard InChI is InChI=1S/C35H48O5/c1-4-6-7-10-13-28-14-20-32(21-15-28)39-35(37)30-18-24-33(25-19-30)40-34(36)29-16-22-31(23-17-29)38-26-11-8-9-12-27(3)5-2/h4,16-19,22-25,27-28,32H,1,5-15,20-21,26H2,2-3H3/t27-,28-,32-/m0/s1. The van der Waals surface area contributed by atoms with Gasteiger partial charge in [0.15, 0.2) is 0 Å². The molecule has 0 spiro atoms. The molecule has 0 heterocycles. The first-order valence-corrected chi connectivity index (χ1v) is 15.4. The van der Waals surface area contributed by atoms with Crippen molar-refractivity contribution in [1.29, 1.82) is 0 Å². The summed E-state index contributed by atoms with van der Waals surface area (Å²) in [5, 5.41) is 0. The number of unbranched alkanes of at least 4 members (excludes halogenated alkanes) is 4. The van der Waals surface area contributed by atoms with Crippen LogP contribution in [0.25, 0.3) is 0 Å². The molecule has 40 heavy (non-hydrogen) atoms. The zero-order valence-electron chi connectivity index (χ0n) is 24.6. The maximum atomic E-state index is 12.6. The molecule has 0 radical (unpaired) electrons. The van der Waals surface area contributed by atoms with Crippen molar-refractivity contribution in [3.05, 3.63) is 72.3 Å². The van der Waals surface area contributed by atoms with Crippen molar-refractivity contribution >= 4 is 11.9 Å². The molecule has 5 nitrogen and oxygen atoms in total. The number of allylic oxidation sites excluding steroid dienone is 1. The van der Waals surface area contributed by atoms with Crippen LogP contribution in [0.5, 0.6) is 11.5 Å². The summed E-state index contributed by atoms with van der Waals surface area (Å²) in [5.74, 6) is 1.90. The van der Waals surface area contributed by atoms with Crippen LogP contribution in [0, 0.1) is 11.8 Å². The zero-order chi connectivity index (χ0) is 28.6. The van der Waals surface area contributed by atoms with Crippen LogP contribution in [0.4, 0.5) is 0 Å². The smallest absolute Gasteiger partial charge is 0.343 e. The highest BCUT2D eigenvalue weighted by Crippen LogP contribution is 2.30. The van der Waals surface area contributed by atoms with Gasteiger partial charge in [-0.15, -0.1) is 6.58 Å². The normalized spacial score (nSPS) is 17.6. The van der Waals surface area contributed by atoms with Crippen molar-refractivity contribution in [2.24, 2.45) is 11.8 Å². The van der Waals surface area contributed by atoms with Gasteiger partial charge in [-0.1, -0.05) is 58.4 Å². The van der Waals surface area contributed by atoms with Gasteiger partial charge in [0.25, 0.3) is 0 Å². The van der Waals surface area contributed by atoms with E-state index < -0.39 is 5.97 Å². The van der Waals surface area contributed by atoms with E-state index in [0.717, 1.165) is 56.1 Å². The van der Waals surface area contributed by atoms with E-state index in [1.54, 1.807) is 48.5 Å². The van der Waals surface area contributed by atoms with Crippen LogP contribution in [0.3, 0.4) is 0 Å². The minimum atomic E-state index is -0.451. The van der Waals surface area contributed by atoms with Crippen LogP contribution >= 0.6 is 0 Å². The third-order valence-electron chi connectivity index (χ3n) is 8.04. The quantitative estimate of drug-likeness (QED) is 0.0853. The van der Waals surface area contributed by atoms with Crippen LogP contribution in [-0.4, -0.2) is 24.6 Å². The highest BCUT2D eigenvalue weighted by atomic mass is 16.5. The summed E-state index contributed by atoms with van der Waals surface area (Å²) in [6, 6.07) is 13.6. The van der Waals surface area contributed by atoms with Gasteiger partial charge in [-0.3, -0.25) is 0 Å². The number of carbonyl (C=O) groups is 2. The fourth-order valence-electron chi connectivity index (χ4n) is 5.16. The Labute approximate surface area is 241 Å². The average Bonchev–Trinajstić information content (AvgIpc) is 2.98. The van der Waals surface area contributed by atoms with Gasteiger partial charge < -0.3 is 14.2 Å². The number of esters is 2. The lowest BCUT2D eigenvalue weighted by Crippen LogP contribution is -2.24. The third-order valence-corrected chi connectivity index (χ3v) is 8.04. The Balaban J connectivity index is 1.36. The zero-order valence-corrected chi connectivity index (χ0v) is 24.6. The van der Waals surface area contributed by atoms with Crippen molar-refractivity contribution in [1.82, 2.24) is 0 Å². The Kier molecular flexibility index (Phi) is 13.8. The molecule has 0 aliphatic heterocycles. The summed E-state index contributed by atoms with van der Waals surface area (Å²) in [6.45, 7) is 9.00. The van der Waals surface area contributed by atoms with Crippen LogP contribution < -0.4 is 9.47 Å². The lowest BCUT2D eigenvalue weighted by atomic mass is 9.84. The van der Waals surface area contributed by atoms with Gasteiger partial charge in [0, 0.05) is 0 Å². The van der Waals surface area contributed by atoms with Gasteiger partial charge in [-0.2, -0.15) is 0 Å². The van der Waals surface area contributed by atoms with Gasteiger partial charge in [0.05, 0.1) is 17.7 Å². The number of ether oxygens (including phenoxy) is 3. The maximum absolute atomic E-state index is 12.6. The first kappa shape index (κ1) is 31.4. The van der Waals surface area contributed by atoms with Crippen LogP contribution in [0.15, 0.2) is 61.2 Å². The number of hydrogen-bond donors (Lipinski definition) is 0. The lowest BCUT2D eigenvalue weighted by Gasteiger charge is -2.28. The van der Waals surface area contributed by atoms with Gasteiger partial charge in [0.2, 0.25) is 0 Å². The molecule has 1 saturated carbocycles. The Hall–Kier alpha value is -3.08. The van der Waals surface area contributed by atoms with Crippen molar-refractivity contribution in [2.75, 3.05) is 6.61 Å². The van der Waals surface area contributed by atoms with E-state index in [1.807, 2.05) is 6.08 Å². The van der Waals surface area contributed by atoms with Crippen molar-refractivity contribution in [3.63, 3.8) is 0 Å². The summed E-state index contributed by atoms with van der Waals surface area (Å²) < 4.78 is 17.1. The van der Waals surface area contributed by atoms with Crippen molar-refractivity contribution in [3.8, 4) is 11.5 Å². The Morgan fingerprint density at radius 2 is 1.50 bits per heavy atom. The number of rotatable bonds is 17. The first-order chi connectivity index (χ1) is 19.5. The molecule has 0 aromatic heterocycles. The van der Waals surface area contributed by atoms with Crippen molar-refractivity contribution < 1.29 is 23.8 Å². The van der Waals surface area contributed by atoms with Crippen LogP contribution in [-0.2, 0) is 4.74 Å². The molecule has 0 unspecified atom stereocenters. The molecular weight excluding hydrogens is 500 g/mol. The minimum Gasteiger partial charge on any atom is -0.494 e. The van der Waals surface area contributed by atoms with E-state index in [-0.39, 0.29) is 12.1 Å². The van der Waals surface area contributed by atoms with Gasteiger partial charge in [0.1, 0.15) is 17.6 Å². The fourth-order valence-corrected chi connectivity index (χ4v) is 5.16. The second kappa shape index (κ2) is 17.6. The van der Waals surface area contributed by atoms with Crippen molar-refractivity contribution in [2.45, 2.75) is 103 Å². The topological polar surface area (TPSA) is 61.8 Å². The van der Waals surface area contributed by atoms with E-state index in [9.17, 15) is 9.59 Å². The second-order valence-electron chi connectivity index (χ2n) is 11.3. The van der Waals surface area contributed by atoms with Gasteiger partial charge in [-0.25, -0.2) is 9.59 Å². The van der Waals surface area contributed by atoms with Crippen LogP contribution in [0.2, 0.25) is 0 Å². The summed E-state index contributed by atoms with van der Waals surface area (Å²) in [5.41, 5.74) is 0.911. The van der Waals surface area contributed by atoms with Gasteiger partial charge >= 0.3 is 11.9 Å². The number of carbonyl (C=O) groups excluding carboxylic acids is 2. The number of hydrogen-bond acceptors (Lipinski definition) is 5. The fraction of sp³-hybridized carbons (Fsp3) is 0.543. The molecule has 1 atom stereocenters. The van der Waals surface area contributed by atoms with Crippen LogP contribution in [0.1, 0.15) is 118 Å². The molecule has 5 heteroatoms. The Bertz CT molecular complexity index is 1020. The predicted octanol–water partition coefficient (Wildman–Crippen LogP) is 9.35. The molecule has 1 fully saturated rings. The molecule has 0 N–H and O–H groups in total. The lowest BCUT2D eigenvalue weighted by molar-refractivity contribution is 0.0161. The average molecular weight is 549 g/mol. The Morgan fingerprint density at radius 1 is 0.850 bits per heavy atom. The first-order valence-electron chi connectivity index (χ1n) is 15.4. The summed E-state index contributed by atoms with van der Waals surface area (Å²) >= 11 is 0.